The summed E-state index contributed by atoms with van der Waals surface area (Å²) in [6.07, 6.45) is 8.52. The summed E-state index contributed by atoms with van der Waals surface area (Å²) in [5.41, 5.74) is 1.70. The molecular weight excluding hydrogens is 179 g/mol. The number of terminal acetylenes is 1. The lowest BCUT2D eigenvalue weighted by Gasteiger charge is -2.11. The third kappa shape index (κ3) is 1.23. The highest BCUT2D eigenvalue weighted by Gasteiger charge is 2.15. The lowest BCUT2D eigenvalue weighted by atomic mass is 9.92. The number of hydrogen-bond donors (Lipinski definition) is 0. The number of allylic oxidation sites excluding steroid dienone is 1. The SMILES string of the molecule is C#Cc1c(F)ccc2c1C=CC(=O)C2. The Bertz CT molecular complexity index is 478. The van der Waals surface area contributed by atoms with E-state index in [1.807, 2.05) is 0 Å². The van der Waals surface area contributed by atoms with Crippen molar-refractivity contribution in [2.45, 2.75) is 6.42 Å². The fourth-order valence-electron chi connectivity index (χ4n) is 1.55. The molecule has 0 saturated carbocycles. The van der Waals surface area contributed by atoms with Crippen LogP contribution in [0.2, 0.25) is 0 Å². The summed E-state index contributed by atoms with van der Waals surface area (Å²) < 4.78 is 13.2. The minimum atomic E-state index is -0.412. The first-order chi connectivity index (χ1) is 6.72. The molecule has 0 spiro atoms. The lowest BCUT2D eigenvalue weighted by molar-refractivity contribution is -0.114. The zero-order valence-electron chi connectivity index (χ0n) is 7.38. The van der Waals surface area contributed by atoms with Crippen molar-refractivity contribution in [2.24, 2.45) is 0 Å². The molecule has 0 atom stereocenters. The topological polar surface area (TPSA) is 17.1 Å². The second-order valence-electron chi connectivity index (χ2n) is 3.12. The predicted octanol–water partition coefficient (Wildman–Crippen LogP) is 1.95. The maximum absolute atomic E-state index is 13.2. The summed E-state index contributed by atoms with van der Waals surface area (Å²) in [7, 11) is 0. The Hall–Kier alpha value is -1.88. The molecule has 0 N–H and O–H groups in total. The predicted molar refractivity (Wildman–Crippen MR) is 52.1 cm³/mol. The number of carbonyl (C=O) groups is 1. The maximum Gasteiger partial charge on any atom is 0.160 e. The van der Waals surface area contributed by atoms with Crippen LogP contribution in [0, 0.1) is 18.2 Å². The summed E-state index contributed by atoms with van der Waals surface area (Å²) >= 11 is 0. The van der Waals surface area contributed by atoms with E-state index in [-0.39, 0.29) is 11.3 Å². The van der Waals surface area contributed by atoms with Crippen molar-refractivity contribution < 1.29 is 9.18 Å². The van der Waals surface area contributed by atoms with Crippen LogP contribution in [0.1, 0.15) is 16.7 Å². The van der Waals surface area contributed by atoms with Crippen LogP contribution in [0.15, 0.2) is 18.2 Å². The van der Waals surface area contributed by atoms with Crippen molar-refractivity contribution in [3.63, 3.8) is 0 Å². The van der Waals surface area contributed by atoms with Gasteiger partial charge < -0.3 is 0 Å². The Morgan fingerprint density at radius 2 is 2.14 bits per heavy atom. The van der Waals surface area contributed by atoms with Crippen LogP contribution in [-0.4, -0.2) is 5.78 Å². The van der Waals surface area contributed by atoms with Gasteiger partial charge in [-0.3, -0.25) is 4.79 Å². The Morgan fingerprint density at radius 1 is 1.36 bits per heavy atom. The van der Waals surface area contributed by atoms with Gasteiger partial charge in [0.25, 0.3) is 0 Å². The van der Waals surface area contributed by atoms with Crippen LogP contribution in [0.5, 0.6) is 0 Å². The lowest BCUT2D eigenvalue weighted by Crippen LogP contribution is -2.07. The van der Waals surface area contributed by atoms with Crippen LogP contribution in [0.4, 0.5) is 4.39 Å². The smallest absolute Gasteiger partial charge is 0.160 e. The zero-order chi connectivity index (χ0) is 10.1. The first kappa shape index (κ1) is 8.71. The molecule has 1 aliphatic carbocycles. The first-order valence-electron chi connectivity index (χ1n) is 4.21. The molecule has 1 aliphatic rings. The molecule has 0 aliphatic heterocycles. The normalized spacial score (nSPS) is 13.6. The van der Waals surface area contributed by atoms with Crippen molar-refractivity contribution in [2.75, 3.05) is 0 Å². The van der Waals surface area contributed by atoms with Gasteiger partial charge in [-0.1, -0.05) is 12.0 Å². The highest BCUT2D eigenvalue weighted by atomic mass is 19.1. The average molecular weight is 186 g/mol. The van der Waals surface area contributed by atoms with E-state index in [1.54, 1.807) is 12.1 Å². The molecule has 0 radical (unpaired) electrons. The summed E-state index contributed by atoms with van der Waals surface area (Å²) in [6, 6.07) is 2.91. The fourth-order valence-corrected chi connectivity index (χ4v) is 1.55. The van der Waals surface area contributed by atoms with Crippen molar-refractivity contribution in [1.29, 1.82) is 0 Å². The first-order valence-corrected chi connectivity index (χ1v) is 4.21. The number of carbonyl (C=O) groups excluding carboxylic acids is 1. The Morgan fingerprint density at radius 3 is 2.86 bits per heavy atom. The average Bonchev–Trinajstić information content (AvgIpc) is 2.18. The molecule has 0 aromatic heterocycles. The van der Waals surface area contributed by atoms with Crippen LogP contribution in [0.3, 0.4) is 0 Å². The molecule has 0 bridgehead atoms. The maximum atomic E-state index is 13.2. The summed E-state index contributed by atoms with van der Waals surface area (Å²) in [6.45, 7) is 0. The van der Waals surface area contributed by atoms with Gasteiger partial charge in [0.15, 0.2) is 5.78 Å². The minimum absolute atomic E-state index is 0.0204. The summed E-state index contributed by atoms with van der Waals surface area (Å²) in [4.78, 5) is 11.1. The largest absolute Gasteiger partial charge is 0.294 e. The molecule has 0 amide bonds. The quantitative estimate of drug-likeness (QED) is 0.566. The van der Waals surface area contributed by atoms with Gasteiger partial charge in [0, 0.05) is 6.42 Å². The van der Waals surface area contributed by atoms with Gasteiger partial charge in [-0.2, -0.15) is 0 Å². The van der Waals surface area contributed by atoms with Crippen molar-refractivity contribution >= 4 is 11.9 Å². The van der Waals surface area contributed by atoms with Gasteiger partial charge in [-0.15, -0.1) is 6.42 Å². The van der Waals surface area contributed by atoms with Crippen LogP contribution in [-0.2, 0) is 11.2 Å². The second kappa shape index (κ2) is 3.12. The Labute approximate surface area is 81.3 Å². The molecule has 0 saturated heterocycles. The molecule has 1 nitrogen and oxygen atoms in total. The van der Waals surface area contributed by atoms with Crippen molar-refractivity contribution in [3.05, 3.63) is 40.7 Å². The number of hydrogen-bond acceptors (Lipinski definition) is 1. The third-order valence-electron chi connectivity index (χ3n) is 2.23. The van der Waals surface area contributed by atoms with Gasteiger partial charge in [-0.25, -0.2) is 4.39 Å². The highest BCUT2D eigenvalue weighted by molar-refractivity contribution is 5.98. The van der Waals surface area contributed by atoms with E-state index in [0.717, 1.165) is 5.56 Å². The van der Waals surface area contributed by atoms with E-state index < -0.39 is 5.82 Å². The molecule has 0 unspecified atom stereocenters. The van der Waals surface area contributed by atoms with E-state index in [4.69, 9.17) is 6.42 Å². The number of halogens is 1. The molecule has 1 aromatic rings. The molecule has 0 fully saturated rings. The number of ketones is 1. The minimum Gasteiger partial charge on any atom is -0.294 e. The number of rotatable bonds is 0. The van der Waals surface area contributed by atoms with E-state index >= 15 is 0 Å². The molecule has 14 heavy (non-hydrogen) atoms. The zero-order valence-corrected chi connectivity index (χ0v) is 7.38. The van der Waals surface area contributed by atoms with Gasteiger partial charge in [0.05, 0.1) is 5.56 Å². The molecule has 2 heteroatoms. The van der Waals surface area contributed by atoms with Gasteiger partial charge in [-0.05, 0) is 29.3 Å². The number of benzene rings is 1. The third-order valence-corrected chi connectivity index (χ3v) is 2.23. The van der Waals surface area contributed by atoms with Gasteiger partial charge in [0.1, 0.15) is 5.82 Å². The van der Waals surface area contributed by atoms with Crippen LogP contribution in [0.25, 0.3) is 6.08 Å². The summed E-state index contributed by atoms with van der Waals surface area (Å²) in [5, 5.41) is 0. The summed E-state index contributed by atoms with van der Waals surface area (Å²) in [5.74, 6) is 1.91. The molecule has 0 heterocycles. The Kier molecular flexibility index (Phi) is 1.94. The van der Waals surface area contributed by atoms with Gasteiger partial charge in [0.2, 0.25) is 0 Å². The van der Waals surface area contributed by atoms with E-state index in [9.17, 15) is 9.18 Å². The highest BCUT2D eigenvalue weighted by Crippen LogP contribution is 2.23. The van der Waals surface area contributed by atoms with Crippen LogP contribution >= 0.6 is 0 Å². The van der Waals surface area contributed by atoms with E-state index in [0.29, 0.717) is 12.0 Å². The van der Waals surface area contributed by atoms with E-state index in [1.165, 1.54) is 12.1 Å². The van der Waals surface area contributed by atoms with E-state index in [2.05, 4.69) is 5.92 Å². The Balaban J connectivity index is 2.69. The van der Waals surface area contributed by atoms with Gasteiger partial charge >= 0.3 is 0 Å². The standard InChI is InChI=1S/C12H7FO/c1-2-10-11-5-4-9(14)7-8(11)3-6-12(10)13/h1,3-6H,7H2. The molecular formula is C12H7FO. The van der Waals surface area contributed by atoms with Crippen LogP contribution < -0.4 is 0 Å². The molecule has 2 rings (SSSR count). The fraction of sp³-hybridized carbons (Fsp3) is 0.0833. The molecule has 1 aromatic carbocycles. The van der Waals surface area contributed by atoms with Crippen molar-refractivity contribution in [3.8, 4) is 12.3 Å². The molecule has 68 valence electrons. The van der Waals surface area contributed by atoms with Crippen molar-refractivity contribution in [1.82, 2.24) is 0 Å². The second-order valence-corrected chi connectivity index (χ2v) is 3.12. The number of fused-ring (bicyclic) bond motifs is 1. The monoisotopic (exact) mass is 186 g/mol.